The van der Waals surface area contributed by atoms with Crippen molar-refractivity contribution in [2.24, 2.45) is 0 Å². The van der Waals surface area contributed by atoms with Crippen molar-refractivity contribution >= 4 is 11.7 Å². The molecular weight excluding hydrogens is 302 g/mol. The summed E-state index contributed by atoms with van der Waals surface area (Å²) in [5, 5.41) is 8.38. The molecule has 0 aliphatic heterocycles. The maximum absolute atomic E-state index is 12.3. The maximum atomic E-state index is 12.3. The fourth-order valence-electron chi connectivity index (χ4n) is 2.41. The molecule has 5 nitrogen and oxygen atoms in total. The van der Waals surface area contributed by atoms with Crippen molar-refractivity contribution in [1.29, 1.82) is 0 Å². The summed E-state index contributed by atoms with van der Waals surface area (Å²) in [7, 11) is 1.71. The van der Waals surface area contributed by atoms with Crippen LogP contribution in [0.2, 0.25) is 0 Å². The number of hydrogen-bond donors (Lipinski definition) is 0. The van der Waals surface area contributed by atoms with E-state index in [1.54, 1.807) is 7.05 Å². The third-order valence-electron chi connectivity index (χ3n) is 3.82. The van der Waals surface area contributed by atoms with Gasteiger partial charge in [0.1, 0.15) is 11.5 Å². The molecule has 0 saturated carbocycles. The molecule has 3 rings (SSSR count). The lowest BCUT2D eigenvalue weighted by molar-refractivity contribution is -0.118. The predicted molar refractivity (Wildman–Crippen MR) is 92.6 cm³/mol. The Morgan fingerprint density at radius 2 is 1.83 bits per heavy atom. The van der Waals surface area contributed by atoms with E-state index in [4.69, 9.17) is 4.42 Å². The van der Waals surface area contributed by atoms with Crippen LogP contribution in [0.25, 0.3) is 11.3 Å². The van der Waals surface area contributed by atoms with E-state index in [9.17, 15) is 4.79 Å². The summed E-state index contributed by atoms with van der Waals surface area (Å²) >= 11 is 0. The molecule has 0 aliphatic rings. The van der Waals surface area contributed by atoms with E-state index in [2.05, 4.69) is 10.2 Å². The van der Waals surface area contributed by atoms with Crippen LogP contribution in [0.4, 0.5) is 5.82 Å². The van der Waals surface area contributed by atoms with Gasteiger partial charge in [-0.05, 0) is 31.2 Å². The van der Waals surface area contributed by atoms with Crippen molar-refractivity contribution in [3.63, 3.8) is 0 Å². The third kappa shape index (κ3) is 3.68. The Hall–Kier alpha value is -2.95. The van der Waals surface area contributed by atoms with Crippen LogP contribution in [-0.4, -0.2) is 23.2 Å². The quantitative estimate of drug-likeness (QED) is 0.720. The second-order valence-electron chi connectivity index (χ2n) is 5.61. The number of aromatic nitrogens is 2. The fourth-order valence-corrected chi connectivity index (χ4v) is 2.41. The molecule has 0 bridgehead atoms. The molecule has 0 spiro atoms. The summed E-state index contributed by atoms with van der Waals surface area (Å²) in [5.41, 5.74) is 1.78. The molecule has 0 fully saturated rings. The van der Waals surface area contributed by atoms with Gasteiger partial charge in [-0.25, -0.2) is 0 Å². The zero-order chi connectivity index (χ0) is 16.9. The molecule has 0 aliphatic carbocycles. The number of carbonyl (C=O) groups is 1. The lowest BCUT2D eigenvalue weighted by Crippen LogP contribution is -2.27. The average molecular weight is 321 g/mol. The second-order valence-corrected chi connectivity index (χ2v) is 5.61. The van der Waals surface area contributed by atoms with Gasteiger partial charge in [0.2, 0.25) is 5.91 Å². The first-order chi connectivity index (χ1) is 11.6. The molecule has 0 saturated heterocycles. The highest BCUT2D eigenvalue weighted by Gasteiger charge is 2.14. The lowest BCUT2D eigenvalue weighted by atomic mass is 10.1. The Kier molecular flexibility index (Phi) is 4.70. The van der Waals surface area contributed by atoms with Gasteiger partial charge in [-0.2, -0.15) is 0 Å². The van der Waals surface area contributed by atoms with E-state index in [0.717, 1.165) is 22.8 Å². The molecular formula is C19H19N3O2. The second kappa shape index (κ2) is 7.08. The molecule has 1 amide bonds. The van der Waals surface area contributed by atoms with Gasteiger partial charge in [-0.15, -0.1) is 10.2 Å². The molecule has 2 heterocycles. The summed E-state index contributed by atoms with van der Waals surface area (Å²) in [5.74, 6) is 2.19. The molecule has 1 aromatic carbocycles. The van der Waals surface area contributed by atoms with Gasteiger partial charge >= 0.3 is 0 Å². The Labute approximate surface area is 140 Å². The number of hydrogen-bond acceptors (Lipinski definition) is 4. The van der Waals surface area contributed by atoms with Crippen LogP contribution < -0.4 is 4.90 Å². The first kappa shape index (κ1) is 15.9. The summed E-state index contributed by atoms with van der Waals surface area (Å²) < 4.78 is 5.49. The standard InChI is InChI=1S/C19H19N3O2/c1-14-8-9-16(24-14)10-13-19(23)22(2)18-12-11-17(20-21-18)15-6-4-3-5-7-15/h3-9,11-12H,10,13H2,1-2H3. The summed E-state index contributed by atoms with van der Waals surface area (Å²) in [6.07, 6.45) is 0.943. The zero-order valence-corrected chi connectivity index (χ0v) is 13.8. The van der Waals surface area contributed by atoms with Crippen molar-refractivity contribution in [2.45, 2.75) is 19.8 Å². The van der Waals surface area contributed by atoms with E-state index < -0.39 is 0 Å². The fraction of sp³-hybridized carbons (Fsp3) is 0.211. The van der Waals surface area contributed by atoms with Gasteiger partial charge in [0.05, 0.1) is 5.69 Å². The maximum Gasteiger partial charge on any atom is 0.228 e. The van der Waals surface area contributed by atoms with E-state index in [1.165, 1.54) is 4.90 Å². The number of aryl methyl sites for hydroxylation is 2. The number of benzene rings is 1. The van der Waals surface area contributed by atoms with Crippen molar-refractivity contribution in [2.75, 3.05) is 11.9 Å². The minimum atomic E-state index is -0.0224. The van der Waals surface area contributed by atoms with E-state index in [-0.39, 0.29) is 5.91 Å². The van der Waals surface area contributed by atoms with Crippen molar-refractivity contribution in [3.8, 4) is 11.3 Å². The topological polar surface area (TPSA) is 59.2 Å². The first-order valence-electron chi connectivity index (χ1n) is 7.84. The van der Waals surface area contributed by atoms with Crippen molar-refractivity contribution < 1.29 is 9.21 Å². The number of nitrogens with zero attached hydrogens (tertiary/aromatic N) is 3. The summed E-state index contributed by atoms with van der Waals surface area (Å²) in [6.45, 7) is 1.89. The van der Waals surface area contributed by atoms with E-state index in [1.807, 2.05) is 61.5 Å². The molecule has 2 aromatic heterocycles. The van der Waals surface area contributed by atoms with Crippen LogP contribution >= 0.6 is 0 Å². The zero-order valence-electron chi connectivity index (χ0n) is 13.8. The Morgan fingerprint density at radius 1 is 1.04 bits per heavy atom. The van der Waals surface area contributed by atoms with Gasteiger partial charge in [0, 0.05) is 25.5 Å². The van der Waals surface area contributed by atoms with Crippen LogP contribution in [0.5, 0.6) is 0 Å². The largest absolute Gasteiger partial charge is 0.466 e. The number of rotatable bonds is 5. The average Bonchev–Trinajstić information content (AvgIpc) is 3.05. The molecule has 5 heteroatoms. The van der Waals surface area contributed by atoms with Gasteiger partial charge in [-0.3, -0.25) is 9.69 Å². The molecule has 122 valence electrons. The molecule has 0 atom stereocenters. The summed E-state index contributed by atoms with van der Waals surface area (Å²) in [6, 6.07) is 17.3. The van der Waals surface area contributed by atoms with Crippen molar-refractivity contribution in [3.05, 3.63) is 66.1 Å². The Bertz CT molecular complexity index is 810. The normalized spacial score (nSPS) is 10.6. The minimum Gasteiger partial charge on any atom is -0.466 e. The highest BCUT2D eigenvalue weighted by Crippen LogP contribution is 2.18. The molecule has 24 heavy (non-hydrogen) atoms. The van der Waals surface area contributed by atoms with Crippen LogP contribution in [0.15, 0.2) is 59.0 Å². The number of amides is 1. The number of furan rings is 1. The van der Waals surface area contributed by atoms with Crippen LogP contribution in [-0.2, 0) is 11.2 Å². The molecule has 0 radical (unpaired) electrons. The van der Waals surface area contributed by atoms with Gasteiger partial charge in [0.25, 0.3) is 0 Å². The number of anilines is 1. The van der Waals surface area contributed by atoms with Crippen LogP contribution in [0.3, 0.4) is 0 Å². The Balaban J connectivity index is 1.63. The smallest absolute Gasteiger partial charge is 0.228 e. The first-order valence-corrected chi connectivity index (χ1v) is 7.84. The SMILES string of the molecule is Cc1ccc(CCC(=O)N(C)c2ccc(-c3ccccc3)nn2)o1. The third-order valence-corrected chi connectivity index (χ3v) is 3.82. The number of carbonyl (C=O) groups excluding carboxylic acids is 1. The van der Waals surface area contributed by atoms with E-state index in [0.29, 0.717) is 18.7 Å². The molecule has 3 aromatic rings. The van der Waals surface area contributed by atoms with Gasteiger partial charge < -0.3 is 4.42 Å². The van der Waals surface area contributed by atoms with Gasteiger partial charge in [-0.1, -0.05) is 30.3 Å². The molecule has 0 N–H and O–H groups in total. The van der Waals surface area contributed by atoms with Crippen molar-refractivity contribution in [1.82, 2.24) is 10.2 Å². The highest BCUT2D eigenvalue weighted by molar-refractivity contribution is 5.91. The van der Waals surface area contributed by atoms with Crippen LogP contribution in [0.1, 0.15) is 17.9 Å². The Morgan fingerprint density at radius 3 is 2.46 bits per heavy atom. The van der Waals surface area contributed by atoms with Crippen LogP contribution in [0, 0.1) is 6.92 Å². The van der Waals surface area contributed by atoms with E-state index >= 15 is 0 Å². The summed E-state index contributed by atoms with van der Waals surface area (Å²) in [4.78, 5) is 13.8. The van der Waals surface area contributed by atoms with Gasteiger partial charge in [0.15, 0.2) is 5.82 Å². The lowest BCUT2D eigenvalue weighted by Gasteiger charge is -2.15. The molecule has 0 unspecified atom stereocenters. The monoisotopic (exact) mass is 321 g/mol. The minimum absolute atomic E-state index is 0.0224. The predicted octanol–water partition coefficient (Wildman–Crippen LogP) is 3.64. The highest BCUT2D eigenvalue weighted by atomic mass is 16.3.